The minimum absolute atomic E-state index is 0.0607. The highest BCUT2D eigenvalue weighted by atomic mass is 35.5. The normalized spacial score (nSPS) is 11.3. The van der Waals surface area contributed by atoms with E-state index in [0.717, 1.165) is 17.3 Å². The van der Waals surface area contributed by atoms with Gasteiger partial charge in [0.1, 0.15) is 11.6 Å². The second kappa shape index (κ2) is 10.1. The number of halogens is 1. The zero-order chi connectivity index (χ0) is 22.4. The van der Waals surface area contributed by atoms with Gasteiger partial charge in [-0.25, -0.2) is 8.42 Å². The fourth-order valence-electron chi connectivity index (χ4n) is 2.72. The third-order valence-corrected chi connectivity index (χ3v) is 7.21. The summed E-state index contributed by atoms with van der Waals surface area (Å²) in [7, 11) is -3.60. The smallest absolute Gasteiger partial charge is 0.234 e. The van der Waals surface area contributed by atoms with Crippen molar-refractivity contribution in [3.8, 4) is 0 Å². The van der Waals surface area contributed by atoms with E-state index in [0.29, 0.717) is 22.4 Å². The number of benzene rings is 2. The number of sulfone groups is 1. The number of hydrogen-bond acceptors (Lipinski definition) is 6. The van der Waals surface area contributed by atoms with Crippen molar-refractivity contribution in [2.45, 2.75) is 29.3 Å². The number of rotatable bonds is 9. The van der Waals surface area contributed by atoms with Crippen LogP contribution in [0.4, 0.5) is 5.69 Å². The number of aromatic nitrogens is 3. The van der Waals surface area contributed by atoms with E-state index in [1.165, 1.54) is 0 Å². The lowest BCUT2D eigenvalue weighted by atomic mass is 10.2. The summed E-state index contributed by atoms with van der Waals surface area (Å²) in [4.78, 5) is 12.5. The number of amides is 1. The number of carbonyl (C=O) groups is 1. The second-order valence-electron chi connectivity index (χ2n) is 6.69. The molecule has 1 heterocycles. The molecule has 0 fully saturated rings. The zero-order valence-electron chi connectivity index (χ0n) is 16.8. The summed E-state index contributed by atoms with van der Waals surface area (Å²) in [6.45, 7) is 5.92. The van der Waals surface area contributed by atoms with Crippen LogP contribution in [0.3, 0.4) is 0 Å². The Bertz CT molecular complexity index is 1190. The van der Waals surface area contributed by atoms with E-state index in [1.54, 1.807) is 59.2 Å². The van der Waals surface area contributed by atoms with Crippen molar-refractivity contribution in [2.75, 3.05) is 11.1 Å². The molecule has 0 saturated carbocycles. The molecule has 0 radical (unpaired) electrons. The maximum Gasteiger partial charge on any atom is 0.234 e. The molecular weight excluding hydrogens is 456 g/mol. The minimum Gasteiger partial charge on any atom is -0.324 e. The fourth-order valence-corrected chi connectivity index (χ4v) is 4.94. The molecule has 0 aliphatic heterocycles. The first kappa shape index (κ1) is 23.1. The fraction of sp³-hybridized carbons (Fsp3) is 0.190. The zero-order valence-corrected chi connectivity index (χ0v) is 19.2. The Hall–Kier alpha value is -2.62. The van der Waals surface area contributed by atoms with E-state index >= 15 is 0 Å². The van der Waals surface area contributed by atoms with Gasteiger partial charge in [0.05, 0.1) is 21.4 Å². The Morgan fingerprint density at radius 2 is 1.90 bits per heavy atom. The molecule has 1 N–H and O–H groups in total. The van der Waals surface area contributed by atoms with Crippen LogP contribution in [-0.2, 0) is 26.9 Å². The van der Waals surface area contributed by atoms with E-state index < -0.39 is 9.84 Å². The maximum atomic E-state index is 12.8. The van der Waals surface area contributed by atoms with Crippen LogP contribution < -0.4 is 5.32 Å². The molecule has 162 valence electrons. The van der Waals surface area contributed by atoms with E-state index in [9.17, 15) is 13.2 Å². The van der Waals surface area contributed by atoms with E-state index in [2.05, 4.69) is 22.1 Å². The van der Waals surface area contributed by atoms with Gasteiger partial charge in [-0.15, -0.1) is 16.8 Å². The van der Waals surface area contributed by atoms with Crippen molar-refractivity contribution >= 4 is 44.8 Å². The monoisotopic (exact) mass is 476 g/mol. The summed E-state index contributed by atoms with van der Waals surface area (Å²) in [6.07, 6.45) is 1.62. The largest absolute Gasteiger partial charge is 0.324 e. The van der Waals surface area contributed by atoms with Gasteiger partial charge in [0, 0.05) is 6.54 Å². The molecule has 1 aromatic heterocycles. The molecule has 3 rings (SSSR count). The number of nitrogens with one attached hydrogen (secondary N) is 1. The number of hydrogen-bond donors (Lipinski definition) is 1. The van der Waals surface area contributed by atoms with Crippen molar-refractivity contribution in [1.82, 2.24) is 14.8 Å². The lowest BCUT2D eigenvalue weighted by Gasteiger charge is -2.09. The summed E-state index contributed by atoms with van der Waals surface area (Å²) in [5, 5.41) is 11.7. The molecule has 0 bridgehead atoms. The average molecular weight is 477 g/mol. The molecule has 0 aliphatic carbocycles. The summed E-state index contributed by atoms with van der Waals surface area (Å²) in [5.74, 6) is -0.219. The standard InChI is InChI=1S/C21H21ClN4O3S2/c1-3-12-26-19(14-31(28,29)16-10-8-15(2)9-11-16)24-25-21(26)30-13-20(27)23-18-7-5-4-6-17(18)22/h3-11H,1,12-14H2,2H3,(H,23,27). The predicted octanol–water partition coefficient (Wildman–Crippen LogP) is 4.13. The van der Waals surface area contributed by atoms with Gasteiger partial charge < -0.3 is 9.88 Å². The Labute approximate surface area is 190 Å². The van der Waals surface area contributed by atoms with Gasteiger partial charge in [-0.2, -0.15) is 0 Å². The predicted molar refractivity (Wildman–Crippen MR) is 123 cm³/mol. The molecular formula is C21H21ClN4O3S2. The van der Waals surface area contributed by atoms with Gasteiger partial charge in [0.15, 0.2) is 15.0 Å². The minimum atomic E-state index is -3.60. The van der Waals surface area contributed by atoms with Crippen molar-refractivity contribution in [2.24, 2.45) is 0 Å². The lowest BCUT2D eigenvalue weighted by molar-refractivity contribution is -0.113. The first-order valence-electron chi connectivity index (χ1n) is 9.30. The van der Waals surface area contributed by atoms with E-state index in [1.807, 2.05) is 6.92 Å². The SMILES string of the molecule is C=CCn1c(CS(=O)(=O)c2ccc(C)cc2)nnc1SCC(=O)Nc1ccccc1Cl. The van der Waals surface area contributed by atoms with Crippen LogP contribution in [0.15, 0.2) is 71.2 Å². The van der Waals surface area contributed by atoms with Crippen LogP contribution >= 0.6 is 23.4 Å². The highest BCUT2D eigenvalue weighted by Crippen LogP contribution is 2.23. The molecule has 2 aromatic carbocycles. The molecule has 0 unspecified atom stereocenters. The Morgan fingerprint density at radius 1 is 1.19 bits per heavy atom. The van der Waals surface area contributed by atoms with Crippen LogP contribution in [0.2, 0.25) is 5.02 Å². The van der Waals surface area contributed by atoms with Crippen LogP contribution in [0, 0.1) is 6.92 Å². The van der Waals surface area contributed by atoms with Crippen LogP contribution in [0.25, 0.3) is 0 Å². The van der Waals surface area contributed by atoms with Gasteiger partial charge in [-0.1, -0.05) is 59.3 Å². The second-order valence-corrected chi connectivity index (χ2v) is 10.0. The van der Waals surface area contributed by atoms with Crippen LogP contribution in [0.5, 0.6) is 0 Å². The molecule has 3 aromatic rings. The number of para-hydroxylation sites is 1. The van der Waals surface area contributed by atoms with E-state index in [4.69, 9.17) is 11.6 Å². The Kier molecular flexibility index (Phi) is 7.53. The molecule has 0 aliphatic rings. The van der Waals surface area contributed by atoms with Crippen LogP contribution in [-0.4, -0.2) is 34.8 Å². The highest BCUT2D eigenvalue weighted by Gasteiger charge is 2.21. The van der Waals surface area contributed by atoms with Crippen molar-refractivity contribution in [1.29, 1.82) is 0 Å². The lowest BCUT2D eigenvalue weighted by Crippen LogP contribution is -2.15. The quantitative estimate of drug-likeness (QED) is 0.368. The average Bonchev–Trinajstić information content (AvgIpc) is 3.09. The van der Waals surface area contributed by atoms with E-state index in [-0.39, 0.29) is 28.1 Å². The summed E-state index contributed by atoms with van der Waals surface area (Å²) >= 11 is 7.22. The molecule has 0 atom stereocenters. The number of anilines is 1. The van der Waals surface area contributed by atoms with Crippen molar-refractivity contribution in [3.05, 3.63) is 77.6 Å². The molecule has 7 nitrogen and oxygen atoms in total. The Balaban J connectivity index is 1.72. The van der Waals surface area contributed by atoms with Crippen molar-refractivity contribution < 1.29 is 13.2 Å². The molecule has 10 heteroatoms. The first-order valence-corrected chi connectivity index (χ1v) is 12.3. The van der Waals surface area contributed by atoms with Gasteiger partial charge in [0.2, 0.25) is 5.91 Å². The van der Waals surface area contributed by atoms with Crippen LogP contribution in [0.1, 0.15) is 11.4 Å². The highest BCUT2D eigenvalue weighted by molar-refractivity contribution is 7.99. The number of carbonyl (C=O) groups excluding carboxylic acids is 1. The molecule has 31 heavy (non-hydrogen) atoms. The molecule has 0 saturated heterocycles. The topological polar surface area (TPSA) is 93.9 Å². The number of allylic oxidation sites excluding steroid dienone is 1. The van der Waals surface area contributed by atoms with Gasteiger partial charge in [0.25, 0.3) is 0 Å². The third kappa shape index (κ3) is 5.96. The number of nitrogens with zero attached hydrogens (tertiary/aromatic N) is 3. The summed E-state index contributed by atoms with van der Waals surface area (Å²) < 4.78 is 27.2. The van der Waals surface area contributed by atoms with Gasteiger partial charge in [-0.3, -0.25) is 4.79 Å². The Morgan fingerprint density at radius 3 is 2.58 bits per heavy atom. The van der Waals surface area contributed by atoms with Gasteiger partial charge in [-0.05, 0) is 31.2 Å². The first-order chi connectivity index (χ1) is 14.8. The number of aryl methyl sites for hydroxylation is 1. The molecule has 0 spiro atoms. The summed E-state index contributed by atoms with van der Waals surface area (Å²) in [5.41, 5.74) is 1.50. The van der Waals surface area contributed by atoms with Gasteiger partial charge >= 0.3 is 0 Å². The third-order valence-electron chi connectivity index (χ3n) is 4.28. The van der Waals surface area contributed by atoms with Crippen molar-refractivity contribution in [3.63, 3.8) is 0 Å². The summed E-state index contributed by atoms with van der Waals surface area (Å²) in [6, 6.07) is 13.6. The molecule has 1 amide bonds. The number of thioether (sulfide) groups is 1. The maximum absolute atomic E-state index is 12.8.